The molecule has 6 heteroatoms. The van der Waals surface area contributed by atoms with E-state index < -0.39 is 11.5 Å². The van der Waals surface area contributed by atoms with Gasteiger partial charge in [-0.1, -0.05) is 25.3 Å². The molecule has 1 fully saturated rings. The van der Waals surface area contributed by atoms with Gasteiger partial charge in [0, 0.05) is 12.6 Å². The molecule has 24 heavy (non-hydrogen) atoms. The van der Waals surface area contributed by atoms with Crippen LogP contribution in [0.25, 0.3) is 0 Å². The van der Waals surface area contributed by atoms with Crippen LogP contribution in [0, 0.1) is 0 Å². The normalized spacial score (nSPS) is 16.3. The molecule has 6 nitrogen and oxygen atoms in total. The van der Waals surface area contributed by atoms with Gasteiger partial charge in [-0.15, -0.1) is 0 Å². The molecular formula is C18H25NO5. The van der Waals surface area contributed by atoms with Crippen LogP contribution in [0.1, 0.15) is 37.7 Å². The quantitative estimate of drug-likeness (QED) is 0.864. The SMILES string of the molecule is COc1cccc(OC)c1CC(=O)N(C)C1(C(=O)O)CCCCC1. The number of methoxy groups -OCH3 is 2. The van der Waals surface area contributed by atoms with E-state index in [0.29, 0.717) is 29.9 Å². The number of likely N-dealkylation sites (N-methyl/N-ethyl adjacent to an activating group) is 1. The van der Waals surface area contributed by atoms with E-state index in [1.54, 1.807) is 25.2 Å². The van der Waals surface area contributed by atoms with E-state index in [1.165, 1.54) is 19.1 Å². The number of benzene rings is 1. The van der Waals surface area contributed by atoms with Crippen molar-refractivity contribution in [2.45, 2.75) is 44.1 Å². The van der Waals surface area contributed by atoms with Gasteiger partial charge in [-0.05, 0) is 25.0 Å². The molecule has 1 N–H and O–H groups in total. The van der Waals surface area contributed by atoms with E-state index in [1.807, 2.05) is 0 Å². The number of aliphatic carboxylic acids is 1. The van der Waals surface area contributed by atoms with Crippen molar-refractivity contribution in [3.63, 3.8) is 0 Å². The van der Waals surface area contributed by atoms with Crippen molar-refractivity contribution in [1.82, 2.24) is 4.90 Å². The minimum atomic E-state index is -1.11. The number of carbonyl (C=O) groups excluding carboxylic acids is 1. The summed E-state index contributed by atoms with van der Waals surface area (Å²) in [5, 5.41) is 9.73. The second-order valence-electron chi connectivity index (χ2n) is 6.17. The first-order chi connectivity index (χ1) is 11.5. The number of hydrogen-bond donors (Lipinski definition) is 1. The van der Waals surface area contributed by atoms with Crippen molar-refractivity contribution in [3.05, 3.63) is 23.8 Å². The number of hydrogen-bond acceptors (Lipinski definition) is 4. The van der Waals surface area contributed by atoms with Crippen molar-refractivity contribution >= 4 is 11.9 Å². The maximum Gasteiger partial charge on any atom is 0.329 e. The second kappa shape index (κ2) is 7.55. The lowest BCUT2D eigenvalue weighted by Gasteiger charge is -2.41. The van der Waals surface area contributed by atoms with Crippen LogP contribution in [-0.2, 0) is 16.0 Å². The molecule has 1 aromatic rings. The highest BCUT2D eigenvalue weighted by Crippen LogP contribution is 2.35. The highest BCUT2D eigenvalue weighted by atomic mass is 16.5. The van der Waals surface area contributed by atoms with E-state index >= 15 is 0 Å². The van der Waals surface area contributed by atoms with Crippen LogP contribution < -0.4 is 9.47 Å². The molecule has 0 aliphatic heterocycles. The largest absolute Gasteiger partial charge is 0.496 e. The molecule has 0 atom stereocenters. The summed E-state index contributed by atoms with van der Waals surface area (Å²) in [5.41, 5.74) is -0.472. The van der Waals surface area contributed by atoms with Gasteiger partial charge in [-0.2, -0.15) is 0 Å². The van der Waals surface area contributed by atoms with Crippen molar-refractivity contribution < 1.29 is 24.2 Å². The maximum atomic E-state index is 12.8. The van der Waals surface area contributed by atoms with Gasteiger partial charge in [0.1, 0.15) is 17.0 Å². The molecule has 0 radical (unpaired) electrons. The first kappa shape index (κ1) is 18.1. The zero-order valence-electron chi connectivity index (χ0n) is 14.5. The zero-order valence-corrected chi connectivity index (χ0v) is 14.5. The number of carboxylic acid groups (broad SMARTS) is 1. The van der Waals surface area contributed by atoms with Gasteiger partial charge in [-0.3, -0.25) is 4.79 Å². The minimum Gasteiger partial charge on any atom is -0.496 e. The lowest BCUT2D eigenvalue weighted by atomic mass is 9.80. The first-order valence-corrected chi connectivity index (χ1v) is 8.16. The zero-order chi connectivity index (χ0) is 17.7. The third-order valence-electron chi connectivity index (χ3n) is 4.95. The Kier molecular flexibility index (Phi) is 5.70. The van der Waals surface area contributed by atoms with E-state index in [-0.39, 0.29) is 12.3 Å². The summed E-state index contributed by atoms with van der Waals surface area (Å²) >= 11 is 0. The van der Waals surface area contributed by atoms with E-state index in [0.717, 1.165) is 19.3 Å². The van der Waals surface area contributed by atoms with Crippen LogP contribution in [0.4, 0.5) is 0 Å². The lowest BCUT2D eigenvalue weighted by Crippen LogP contribution is -2.56. The van der Waals surface area contributed by atoms with E-state index in [4.69, 9.17) is 9.47 Å². The number of carbonyl (C=O) groups is 2. The Hall–Kier alpha value is -2.24. The Morgan fingerprint density at radius 1 is 1.12 bits per heavy atom. The molecular weight excluding hydrogens is 310 g/mol. The molecule has 1 saturated carbocycles. The molecule has 0 spiro atoms. The van der Waals surface area contributed by atoms with E-state index in [2.05, 4.69) is 0 Å². The monoisotopic (exact) mass is 335 g/mol. The molecule has 0 unspecified atom stereocenters. The predicted molar refractivity (Wildman–Crippen MR) is 89.5 cm³/mol. The Balaban J connectivity index is 2.27. The lowest BCUT2D eigenvalue weighted by molar-refractivity contribution is -0.160. The Morgan fingerprint density at radius 3 is 2.12 bits per heavy atom. The Bertz CT molecular complexity index is 585. The maximum absolute atomic E-state index is 12.8. The van der Waals surface area contributed by atoms with Gasteiger partial charge in [0.25, 0.3) is 0 Å². The molecule has 2 rings (SSSR count). The Morgan fingerprint density at radius 2 is 1.67 bits per heavy atom. The van der Waals surface area contributed by atoms with Crippen LogP contribution in [0.5, 0.6) is 11.5 Å². The fraction of sp³-hybridized carbons (Fsp3) is 0.556. The fourth-order valence-corrected chi connectivity index (χ4v) is 3.44. The van der Waals surface area contributed by atoms with Gasteiger partial charge >= 0.3 is 5.97 Å². The molecule has 1 aliphatic carbocycles. The molecule has 132 valence electrons. The number of rotatable bonds is 6. The number of carboxylic acids is 1. The average Bonchev–Trinajstić information content (AvgIpc) is 2.61. The summed E-state index contributed by atoms with van der Waals surface area (Å²) in [7, 11) is 4.66. The number of amides is 1. The number of nitrogens with zero attached hydrogens (tertiary/aromatic N) is 1. The van der Waals surface area contributed by atoms with Gasteiger partial charge < -0.3 is 19.5 Å². The van der Waals surface area contributed by atoms with Crippen LogP contribution >= 0.6 is 0 Å². The van der Waals surface area contributed by atoms with Crippen molar-refractivity contribution in [1.29, 1.82) is 0 Å². The predicted octanol–water partition coefficient (Wildman–Crippen LogP) is 2.49. The Labute approximate surface area is 142 Å². The molecule has 1 aliphatic rings. The second-order valence-corrected chi connectivity index (χ2v) is 6.17. The molecule has 1 amide bonds. The molecule has 0 saturated heterocycles. The summed E-state index contributed by atoms with van der Waals surface area (Å²) in [5.74, 6) is -0.0552. The third-order valence-corrected chi connectivity index (χ3v) is 4.95. The third kappa shape index (κ3) is 3.32. The summed E-state index contributed by atoms with van der Waals surface area (Å²) in [4.78, 5) is 26.1. The highest BCUT2D eigenvalue weighted by Gasteiger charge is 2.45. The van der Waals surface area contributed by atoms with Gasteiger partial charge in [-0.25, -0.2) is 4.79 Å². The van der Waals surface area contributed by atoms with Crippen molar-refractivity contribution in [2.75, 3.05) is 21.3 Å². The summed E-state index contributed by atoms with van der Waals surface area (Å²) in [6.07, 6.45) is 3.68. The minimum absolute atomic E-state index is 0.0404. The molecule has 1 aromatic carbocycles. The topological polar surface area (TPSA) is 76.1 Å². The van der Waals surface area contributed by atoms with Gasteiger partial charge in [0.05, 0.1) is 20.6 Å². The molecule has 0 bridgehead atoms. The smallest absolute Gasteiger partial charge is 0.329 e. The highest BCUT2D eigenvalue weighted by molar-refractivity contribution is 5.88. The van der Waals surface area contributed by atoms with Gasteiger partial charge in [0.2, 0.25) is 5.91 Å². The number of ether oxygens (including phenoxy) is 2. The van der Waals surface area contributed by atoms with Crippen LogP contribution in [0.15, 0.2) is 18.2 Å². The molecule has 0 aromatic heterocycles. The van der Waals surface area contributed by atoms with E-state index in [9.17, 15) is 14.7 Å². The fourth-order valence-electron chi connectivity index (χ4n) is 3.44. The van der Waals surface area contributed by atoms with Crippen molar-refractivity contribution in [3.8, 4) is 11.5 Å². The summed E-state index contributed by atoms with van der Waals surface area (Å²) in [6, 6.07) is 5.31. The summed E-state index contributed by atoms with van der Waals surface area (Å²) in [6.45, 7) is 0. The molecule has 0 heterocycles. The first-order valence-electron chi connectivity index (χ1n) is 8.16. The van der Waals surface area contributed by atoms with Crippen LogP contribution in [0.3, 0.4) is 0 Å². The van der Waals surface area contributed by atoms with Gasteiger partial charge in [0.15, 0.2) is 0 Å². The van der Waals surface area contributed by atoms with Crippen LogP contribution in [0.2, 0.25) is 0 Å². The standard InChI is InChI=1S/C18H25NO5/c1-19(18(17(21)22)10-5-4-6-11-18)16(20)12-13-14(23-2)8-7-9-15(13)24-3/h7-9H,4-6,10-12H2,1-3H3,(H,21,22). The van der Waals surface area contributed by atoms with Crippen LogP contribution in [-0.4, -0.2) is 48.7 Å². The average molecular weight is 335 g/mol. The van der Waals surface area contributed by atoms with Crippen molar-refractivity contribution in [2.24, 2.45) is 0 Å². The summed E-state index contributed by atoms with van der Waals surface area (Å²) < 4.78 is 10.6.